The lowest BCUT2D eigenvalue weighted by atomic mass is 10.3. The van der Waals surface area contributed by atoms with Crippen molar-refractivity contribution in [3.05, 3.63) is 35.9 Å². The summed E-state index contributed by atoms with van der Waals surface area (Å²) in [6.07, 6.45) is 3.79. The predicted molar refractivity (Wildman–Crippen MR) is 97.0 cm³/mol. The van der Waals surface area contributed by atoms with E-state index in [1.807, 2.05) is 17.9 Å². The van der Waals surface area contributed by atoms with Crippen LogP contribution in [0, 0.1) is 6.92 Å². The van der Waals surface area contributed by atoms with E-state index in [0.29, 0.717) is 31.9 Å². The highest BCUT2D eigenvalue weighted by atomic mass is 16.3. The summed E-state index contributed by atoms with van der Waals surface area (Å²) in [5, 5.41) is 3.36. The Bertz CT molecular complexity index is 693. The molecule has 0 aliphatic carbocycles. The number of unbranched alkanes of at least 4 members (excludes halogenated alkanes) is 1. The van der Waals surface area contributed by atoms with E-state index in [1.54, 1.807) is 12.1 Å². The normalized spacial score (nSPS) is 14.6. The van der Waals surface area contributed by atoms with Crippen LogP contribution in [0.4, 0.5) is 11.8 Å². The van der Waals surface area contributed by atoms with Crippen LogP contribution in [0.25, 0.3) is 0 Å². The van der Waals surface area contributed by atoms with Gasteiger partial charge in [-0.1, -0.05) is 13.3 Å². The Morgan fingerprint density at radius 1 is 1.28 bits per heavy atom. The third-order valence-electron chi connectivity index (χ3n) is 4.26. The smallest absolute Gasteiger partial charge is 0.289 e. The van der Waals surface area contributed by atoms with Crippen LogP contribution in [0.2, 0.25) is 0 Å². The zero-order valence-corrected chi connectivity index (χ0v) is 14.9. The second-order valence-electron chi connectivity index (χ2n) is 6.23. The van der Waals surface area contributed by atoms with Gasteiger partial charge in [0.15, 0.2) is 5.76 Å². The molecule has 2 aromatic rings. The Morgan fingerprint density at radius 3 is 2.76 bits per heavy atom. The third-order valence-corrected chi connectivity index (χ3v) is 4.26. The minimum Gasteiger partial charge on any atom is -0.459 e. The van der Waals surface area contributed by atoms with Crippen LogP contribution in [-0.4, -0.2) is 53.5 Å². The number of amides is 1. The zero-order valence-electron chi connectivity index (χ0n) is 14.9. The molecule has 7 heteroatoms. The summed E-state index contributed by atoms with van der Waals surface area (Å²) in [5.41, 5.74) is 0.943. The van der Waals surface area contributed by atoms with E-state index in [9.17, 15) is 4.79 Å². The molecule has 0 aromatic carbocycles. The van der Waals surface area contributed by atoms with Gasteiger partial charge in [0, 0.05) is 44.5 Å². The number of nitrogens with one attached hydrogen (secondary N) is 1. The first-order valence-corrected chi connectivity index (χ1v) is 8.84. The van der Waals surface area contributed by atoms with Crippen molar-refractivity contribution in [1.29, 1.82) is 0 Å². The van der Waals surface area contributed by atoms with Crippen molar-refractivity contribution in [3.8, 4) is 0 Å². The lowest BCUT2D eigenvalue weighted by Gasteiger charge is -2.34. The second kappa shape index (κ2) is 8.00. The monoisotopic (exact) mass is 343 g/mol. The standard InChI is InChI=1S/C18H25N5O2/c1-3-4-7-19-16-13-14(2)20-18(21-16)23-10-8-22(9-11-23)17(24)15-6-5-12-25-15/h5-6,12-13H,3-4,7-11H2,1-2H3,(H,19,20,21). The molecule has 7 nitrogen and oxygen atoms in total. The molecule has 0 spiro atoms. The number of nitrogens with zero attached hydrogens (tertiary/aromatic N) is 4. The fourth-order valence-electron chi connectivity index (χ4n) is 2.84. The average molecular weight is 343 g/mol. The molecule has 3 rings (SSSR count). The van der Waals surface area contributed by atoms with Crippen LogP contribution < -0.4 is 10.2 Å². The molecule has 1 aliphatic rings. The average Bonchev–Trinajstić information content (AvgIpc) is 3.16. The predicted octanol–water partition coefficient (Wildman–Crippen LogP) is 2.55. The molecule has 3 heterocycles. The van der Waals surface area contributed by atoms with E-state index in [-0.39, 0.29) is 5.91 Å². The highest BCUT2D eigenvalue weighted by Gasteiger charge is 2.25. The topological polar surface area (TPSA) is 74.5 Å². The van der Waals surface area contributed by atoms with E-state index in [4.69, 9.17) is 4.42 Å². The molecule has 134 valence electrons. The second-order valence-corrected chi connectivity index (χ2v) is 6.23. The molecule has 1 N–H and O–H groups in total. The number of hydrogen-bond acceptors (Lipinski definition) is 6. The van der Waals surface area contributed by atoms with Gasteiger partial charge in [-0.2, -0.15) is 4.98 Å². The van der Waals surface area contributed by atoms with Crippen LogP contribution in [0.1, 0.15) is 36.0 Å². The Morgan fingerprint density at radius 2 is 2.08 bits per heavy atom. The Balaban J connectivity index is 1.61. The lowest BCUT2D eigenvalue weighted by molar-refractivity contribution is 0.0714. The van der Waals surface area contributed by atoms with Crippen LogP contribution >= 0.6 is 0 Å². The quantitative estimate of drug-likeness (QED) is 0.813. The van der Waals surface area contributed by atoms with E-state index < -0.39 is 0 Å². The summed E-state index contributed by atoms with van der Waals surface area (Å²) < 4.78 is 5.20. The van der Waals surface area contributed by atoms with Gasteiger partial charge in [-0.25, -0.2) is 4.98 Å². The maximum Gasteiger partial charge on any atom is 0.289 e. The van der Waals surface area contributed by atoms with Gasteiger partial charge in [0.05, 0.1) is 6.26 Å². The van der Waals surface area contributed by atoms with E-state index in [2.05, 4.69) is 27.1 Å². The van der Waals surface area contributed by atoms with E-state index in [1.165, 1.54) is 6.26 Å². The molecule has 25 heavy (non-hydrogen) atoms. The number of aryl methyl sites for hydroxylation is 1. The Hall–Kier alpha value is -2.57. The van der Waals surface area contributed by atoms with Gasteiger partial charge in [-0.05, 0) is 25.5 Å². The van der Waals surface area contributed by atoms with Gasteiger partial charge in [0.1, 0.15) is 5.82 Å². The fraction of sp³-hybridized carbons (Fsp3) is 0.500. The first-order chi connectivity index (χ1) is 12.2. The molecule has 2 aromatic heterocycles. The molecule has 0 unspecified atom stereocenters. The van der Waals surface area contributed by atoms with Gasteiger partial charge in [0.2, 0.25) is 5.95 Å². The number of carbonyl (C=O) groups excluding carboxylic acids is 1. The molecule has 1 aliphatic heterocycles. The summed E-state index contributed by atoms with van der Waals surface area (Å²) >= 11 is 0. The summed E-state index contributed by atoms with van der Waals surface area (Å²) in [7, 11) is 0. The van der Waals surface area contributed by atoms with Gasteiger partial charge >= 0.3 is 0 Å². The molecule has 0 saturated carbocycles. The number of carbonyl (C=O) groups is 1. The first kappa shape index (κ1) is 17.3. The molecular weight excluding hydrogens is 318 g/mol. The maximum atomic E-state index is 12.3. The fourth-order valence-corrected chi connectivity index (χ4v) is 2.84. The van der Waals surface area contributed by atoms with Crippen molar-refractivity contribution < 1.29 is 9.21 Å². The largest absolute Gasteiger partial charge is 0.459 e. The van der Waals surface area contributed by atoms with Crippen LogP contribution in [0.15, 0.2) is 28.9 Å². The third kappa shape index (κ3) is 4.29. The van der Waals surface area contributed by atoms with Crippen LogP contribution in [0.3, 0.4) is 0 Å². The number of aromatic nitrogens is 2. The van der Waals surface area contributed by atoms with Crippen LogP contribution in [0.5, 0.6) is 0 Å². The number of hydrogen-bond donors (Lipinski definition) is 1. The molecule has 0 radical (unpaired) electrons. The zero-order chi connectivity index (χ0) is 17.6. The van der Waals surface area contributed by atoms with Gasteiger partial charge < -0.3 is 19.5 Å². The molecular formula is C18H25N5O2. The van der Waals surface area contributed by atoms with Crippen molar-refractivity contribution in [2.45, 2.75) is 26.7 Å². The molecule has 1 fully saturated rings. The first-order valence-electron chi connectivity index (χ1n) is 8.84. The van der Waals surface area contributed by atoms with Crippen molar-refractivity contribution in [2.75, 3.05) is 42.9 Å². The summed E-state index contributed by atoms with van der Waals surface area (Å²) in [4.78, 5) is 25.5. The highest BCUT2D eigenvalue weighted by molar-refractivity contribution is 5.91. The summed E-state index contributed by atoms with van der Waals surface area (Å²) in [6, 6.07) is 5.40. The maximum absolute atomic E-state index is 12.3. The Kier molecular flexibility index (Phi) is 5.53. The van der Waals surface area contributed by atoms with Crippen molar-refractivity contribution in [1.82, 2.24) is 14.9 Å². The van der Waals surface area contributed by atoms with Crippen molar-refractivity contribution in [3.63, 3.8) is 0 Å². The van der Waals surface area contributed by atoms with Crippen molar-refractivity contribution >= 4 is 17.7 Å². The summed E-state index contributed by atoms with van der Waals surface area (Å²) in [5.74, 6) is 1.92. The lowest BCUT2D eigenvalue weighted by Crippen LogP contribution is -2.49. The minimum atomic E-state index is -0.0586. The SMILES string of the molecule is CCCCNc1cc(C)nc(N2CCN(C(=O)c3ccco3)CC2)n1. The Labute approximate surface area is 148 Å². The molecule has 0 bridgehead atoms. The highest BCUT2D eigenvalue weighted by Crippen LogP contribution is 2.17. The number of anilines is 2. The molecule has 0 atom stereocenters. The minimum absolute atomic E-state index is 0.0586. The van der Waals surface area contributed by atoms with E-state index >= 15 is 0 Å². The number of furan rings is 1. The van der Waals surface area contributed by atoms with E-state index in [0.717, 1.165) is 36.8 Å². The number of piperazine rings is 1. The van der Waals surface area contributed by atoms with Gasteiger partial charge in [-0.3, -0.25) is 4.79 Å². The number of rotatable bonds is 6. The summed E-state index contributed by atoms with van der Waals surface area (Å²) in [6.45, 7) is 7.76. The molecule has 1 saturated heterocycles. The van der Waals surface area contributed by atoms with Crippen LogP contribution in [-0.2, 0) is 0 Å². The van der Waals surface area contributed by atoms with Gasteiger partial charge in [0.25, 0.3) is 5.91 Å². The van der Waals surface area contributed by atoms with Crippen molar-refractivity contribution in [2.24, 2.45) is 0 Å². The van der Waals surface area contributed by atoms with Gasteiger partial charge in [-0.15, -0.1) is 0 Å². The molecule has 1 amide bonds.